The zero-order valence-corrected chi connectivity index (χ0v) is 9.24. The Morgan fingerprint density at radius 1 is 1.40 bits per heavy atom. The maximum atomic E-state index is 9.37. The van der Waals surface area contributed by atoms with Crippen LogP contribution in [-0.2, 0) is 0 Å². The SMILES string of the molecule is Cc1ccccc1C1CCNCC1CO. The topological polar surface area (TPSA) is 32.3 Å². The van der Waals surface area contributed by atoms with Crippen molar-refractivity contribution in [3.63, 3.8) is 0 Å². The Hall–Kier alpha value is -0.860. The monoisotopic (exact) mass is 205 g/mol. The summed E-state index contributed by atoms with van der Waals surface area (Å²) in [5.41, 5.74) is 2.76. The van der Waals surface area contributed by atoms with Crippen LogP contribution in [0.5, 0.6) is 0 Å². The fraction of sp³-hybridized carbons (Fsp3) is 0.538. The van der Waals surface area contributed by atoms with Crippen molar-refractivity contribution in [1.82, 2.24) is 5.32 Å². The van der Waals surface area contributed by atoms with Gasteiger partial charge in [0.25, 0.3) is 0 Å². The van der Waals surface area contributed by atoms with E-state index in [0.29, 0.717) is 11.8 Å². The third-order valence-electron chi connectivity index (χ3n) is 3.43. The van der Waals surface area contributed by atoms with Gasteiger partial charge in [0, 0.05) is 19.1 Å². The molecule has 1 aliphatic rings. The highest BCUT2D eigenvalue weighted by molar-refractivity contribution is 5.30. The summed E-state index contributed by atoms with van der Waals surface area (Å²) in [7, 11) is 0. The highest BCUT2D eigenvalue weighted by Gasteiger charge is 2.26. The summed E-state index contributed by atoms with van der Waals surface area (Å²) in [4.78, 5) is 0. The summed E-state index contributed by atoms with van der Waals surface area (Å²) in [6.45, 7) is 4.45. The minimum atomic E-state index is 0.284. The first-order valence-electron chi connectivity index (χ1n) is 5.70. The van der Waals surface area contributed by atoms with Crippen molar-refractivity contribution in [3.05, 3.63) is 35.4 Å². The molecule has 0 aromatic heterocycles. The van der Waals surface area contributed by atoms with E-state index in [1.54, 1.807) is 0 Å². The molecule has 2 heteroatoms. The first kappa shape index (κ1) is 10.7. The van der Waals surface area contributed by atoms with Gasteiger partial charge in [0.15, 0.2) is 0 Å². The molecule has 1 heterocycles. The Balaban J connectivity index is 2.24. The molecule has 2 unspecified atom stereocenters. The average molecular weight is 205 g/mol. The fourth-order valence-electron chi connectivity index (χ4n) is 2.53. The van der Waals surface area contributed by atoms with E-state index in [1.165, 1.54) is 11.1 Å². The van der Waals surface area contributed by atoms with Crippen molar-refractivity contribution in [3.8, 4) is 0 Å². The van der Waals surface area contributed by atoms with Gasteiger partial charge >= 0.3 is 0 Å². The lowest BCUT2D eigenvalue weighted by Crippen LogP contribution is -2.37. The summed E-state index contributed by atoms with van der Waals surface area (Å²) >= 11 is 0. The second-order valence-corrected chi connectivity index (χ2v) is 4.40. The zero-order valence-electron chi connectivity index (χ0n) is 9.24. The number of benzene rings is 1. The predicted molar refractivity (Wildman–Crippen MR) is 62.0 cm³/mol. The molecule has 0 saturated carbocycles. The lowest BCUT2D eigenvalue weighted by molar-refractivity contribution is 0.179. The minimum Gasteiger partial charge on any atom is -0.396 e. The second kappa shape index (κ2) is 4.77. The van der Waals surface area contributed by atoms with Crippen molar-refractivity contribution in [2.45, 2.75) is 19.3 Å². The van der Waals surface area contributed by atoms with Gasteiger partial charge in [0.05, 0.1) is 0 Å². The lowest BCUT2D eigenvalue weighted by atomic mass is 9.80. The summed E-state index contributed by atoms with van der Waals surface area (Å²) in [6, 6.07) is 8.53. The molecule has 1 fully saturated rings. The van der Waals surface area contributed by atoms with E-state index >= 15 is 0 Å². The molecule has 15 heavy (non-hydrogen) atoms. The Bertz CT molecular complexity index is 324. The molecule has 82 valence electrons. The molecule has 2 nitrogen and oxygen atoms in total. The molecule has 0 spiro atoms. The van der Waals surface area contributed by atoms with E-state index < -0.39 is 0 Å². The van der Waals surface area contributed by atoms with Gasteiger partial charge in [0.2, 0.25) is 0 Å². The van der Waals surface area contributed by atoms with Gasteiger partial charge in [-0.05, 0) is 36.9 Å². The van der Waals surface area contributed by atoms with E-state index in [1.807, 2.05) is 0 Å². The van der Waals surface area contributed by atoms with Crippen molar-refractivity contribution in [2.24, 2.45) is 5.92 Å². The van der Waals surface area contributed by atoms with E-state index in [9.17, 15) is 5.11 Å². The molecule has 1 aliphatic heterocycles. The van der Waals surface area contributed by atoms with E-state index in [-0.39, 0.29) is 6.61 Å². The molecule has 1 saturated heterocycles. The van der Waals surface area contributed by atoms with Gasteiger partial charge in [-0.1, -0.05) is 24.3 Å². The first-order chi connectivity index (χ1) is 7.33. The van der Waals surface area contributed by atoms with Gasteiger partial charge in [0.1, 0.15) is 0 Å². The van der Waals surface area contributed by atoms with Crippen molar-refractivity contribution in [2.75, 3.05) is 19.7 Å². The smallest absolute Gasteiger partial charge is 0.0477 e. The van der Waals surface area contributed by atoms with Crippen LogP contribution < -0.4 is 5.32 Å². The van der Waals surface area contributed by atoms with Crippen LogP contribution in [0.15, 0.2) is 24.3 Å². The second-order valence-electron chi connectivity index (χ2n) is 4.40. The summed E-state index contributed by atoms with van der Waals surface area (Å²) < 4.78 is 0. The molecule has 2 atom stereocenters. The van der Waals surface area contributed by atoms with Crippen LogP contribution in [0, 0.1) is 12.8 Å². The molecular weight excluding hydrogens is 186 g/mol. The molecule has 0 amide bonds. The number of piperidine rings is 1. The molecule has 0 aliphatic carbocycles. The van der Waals surface area contributed by atoms with Crippen molar-refractivity contribution in [1.29, 1.82) is 0 Å². The van der Waals surface area contributed by atoms with Crippen LogP contribution in [0.1, 0.15) is 23.5 Å². The van der Waals surface area contributed by atoms with Gasteiger partial charge < -0.3 is 10.4 Å². The molecule has 2 N–H and O–H groups in total. The van der Waals surface area contributed by atoms with Gasteiger partial charge in [-0.3, -0.25) is 0 Å². The third kappa shape index (κ3) is 2.21. The van der Waals surface area contributed by atoms with Crippen LogP contribution >= 0.6 is 0 Å². The number of aliphatic hydroxyl groups excluding tert-OH is 1. The van der Waals surface area contributed by atoms with E-state index in [0.717, 1.165) is 19.5 Å². The number of hydrogen-bond donors (Lipinski definition) is 2. The maximum Gasteiger partial charge on any atom is 0.0477 e. The Labute approximate surface area is 91.3 Å². The largest absolute Gasteiger partial charge is 0.396 e. The van der Waals surface area contributed by atoms with Gasteiger partial charge in [-0.25, -0.2) is 0 Å². The minimum absolute atomic E-state index is 0.284. The van der Waals surface area contributed by atoms with Gasteiger partial charge in [-0.15, -0.1) is 0 Å². The first-order valence-corrected chi connectivity index (χ1v) is 5.70. The Kier molecular flexibility index (Phi) is 3.39. The average Bonchev–Trinajstić information content (AvgIpc) is 2.30. The van der Waals surface area contributed by atoms with E-state index in [2.05, 4.69) is 36.5 Å². The quantitative estimate of drug-likeness (QED) is 0.770. The van der Waals surface area contributed by atoms with Crippen LogP contribution in [0.4, 0.5) is 0 Å². The zero-order chi connectivity index (χ0) is 10.7. The van der Waals surface area contributed by atoms with Crippen molar-refractivity contribution >= 4 is 0 Å². The summed E-state index contributed by atoms with van der Waals surface area (Å²) in [6.07, 6.45) is 1.14. The summed E-state index contributed by atoms with van der Waals surface area (Å²) in [5, 5.41) is 12.7. The number of aryl methyl sites for hydroxylation is 1. The third-order valence-corrected chi connectivity index (χ3v) is 3.43. The number of aliphatic hydroxyl groups is 1. The normalized spacial score (nSPS) is 26.5. The summed E-state index contributed by atoms with van der Waals surface area (Å²) in [5.74, 6) is 0.900. The number of nitrogens with one attached hydrogen (secondary N) is 1. The Morgan fingerprint density at radius 3 is 2.93 bits per heavy atom. The number of hydrogen-bond acceptors (Lipinski definition) is 2. The van der Waals surface area contributed by atoms with Crippen LogP contribution in [-0.4, -0.2) is 24.8 Å². The molecule has 1 aromatic carbocycles. The van der Waals surface area contributed by atoms with Crippen molar-refractivity contribution < 1.29 is 5.11 Å². The predicted octanol–water partition coefficient (Wildman–Crippen LogP) is 1.68. The van der Waals surface area contributed by atoms with Crippen LogP contribution in [0.2, 0.25) is 0 Å². The Morgan fingerprint density at radius 2 is 2.20 bits per heavy atom. The van der Waals surface area contributed by atoms with Crippen LogP contribution in [0.25, 0.3) is 0 Å². The van der Waals surface area contributed by atoms with E-state index in [4.69, 9.17) is 0 Å². The molecule has 1 aromatic rings. The molecule has 2 rings (SSSR count). The standard InChI is InChI=1S/C13H19NO/c1-10-4-2-3-5-12(10)13-6-7-14-8-11(13)9-15/h2-5,11,13-15H,6-9H2,1H3. The molecule has 0 radical (unpaired) electrons. The highest BCUT2D eigenvalue weighted by Crippen LogP contribution is 2.31. The molecular formula is C13H19NO. The van der Waals surface area contributed by atoms with Crippen LogP contribution in [0.3, 0.4) is 0 Å². The number of rotatable bonds is 2. The molecule has 0 bridgehead atoms. The fourth-order valence-corrected chi connectivity index (χ4v) is 2.53. The lowest BCUT2D eigenvalue weighted by Gasteiger charge is -2.32. The van der Waals surface area contributed by atoms with Gasteiger partial charge in [-0.2, -0.15) is 0 Å². The highest BCUT2D eigenvalue weighted by atomic mass is 16.3. The maximum absolute atomic E-state index is 9.37.